The first-order valence-corrected chi connectivity index (χ1v) is 9.11. The van der Waals surface area contributed by atoms with Crippen LogP contribution in [0.25, 0.3) is 0 Å². The molecule has 0 atom stereocenters. The van der Waals surface area contributed by atoms with Crippen molar-refractivity contribution in [2.75, 3.05) is 0 Å². The van der Waals surface area contributed by atoms with Crippen LogP contribution in [0.5, 0.6) is 5.88 Å². The fourth-order valence-electron chi connectivity index (χ4n) is 5.68. The molecular formula is C19H22N4O3. The molecule has 4 saturated carbocycles. The molecule has 4 aliphatic carbocycles. The molecule has 1 aromatic heterocycles. The molecule has 4 aliphatic rings. The van der Waals surface area contributed by atoms with Crippen LogP contribution >= 0.6 is 0 Å². The van der Waals surface area contributed by atoms with E-state index in [1.807, 2.05) is 6.07 Å². The van der Waals surface area contributed by atoms with Crippen molar-refractivity contribution in [2.24, 2.45) is 28.3 Å². The summed E-state index contributed by atoms with van der Waals surface area (Å²) in [7, 11) is 0. The Hall–Kier alpha value is -2.62. The molecule has 0 saturated heterocycles. The standard InChI is InChI=1S/C19H22N4O3/c1-10-14(8-20)16(24)22-17(25)15(10)9-21-23-18(26)19-5-11-2-12(6-19)4-13(3-11)7-19/h9,11-13H,2-7H2,1H3,(H,23,26)(H2,22,24,25)/b21-9+. The molecule has 26 heavy (non-hydrogen) atoms. The molecule has 5 rings (SSSR count). The third-order valence-electron chi connectivity index (χ3n) is 6.48. The largest absolute Gasteiger partial charge is 0.494 e. The number of aromatic nitrogens is 1. The van der Waals surface area contributed by atoms with Gasteiger partial charge in [-0.25, -0.2) is 5.43 Å². The van der Waals surface area contributed by atoms with Gasteiger partial charge < -0.3 is 5.11 Å². The zero-order chi connectivity index (χ0) is 18.5. The maximum absolute atomic E-state index is 12.8. The Morgan fingerprint density at radius 2 is 1.88 bits per heavy atom. The van der Waals surface area contributed by atoms with Crippen molar-refractivity contribution in [3.8, 4) is 11.9 Å². The summed E-state index contributed by atoms with van der Waals surface area (Å²) in [6.07, 6.45) is 7.91. The highest BCUT2D eigenvalue weighted by Gasteiger charge is 2.54. The van der Waals surface area contributed by atoms with E-state index in [-0.39, 0.29) is 28.3 Å². The Labute approximate surface area is 151 Å². The average Bonchev–Trinajstić information content (AvgIpc) is 2.56. The first-order valence-electron chi connectivity index (χ1n) is 9.11. The van der Waals surface area contributed by atoms with E-state index in [2.05, 4.69) is 15.5 Å². The number of hydrogen-bond acceptors (Lipinski definition) is 5. The normalized spacial score (nSPS) is 31.9. The number of aromatic amines is 1. The number of amides is 1. The molecule has 0 aromatic carbocycles. The van der Waals surface area contributed by atoms with E-state index in [1.165, 1.54) is 25.5 Å². The summed E-state index contributed by atoms with van der Waals surface area (Å²) in [6.45, 7) is 1.57. The zero-order valence-electron chi connectivity index (χ0n) is 14.7. The fraction of sp³-hybridized carbons (Fsp3) is 0.579. The number of nitrogens with one attached hydrogen (secondary N) is 2. The second kappa shape index (κ2) is 5.97. The second-order valence-electron chi connectivity index (χ2n) is 8.23. The molecule has 3 N–H and O–H groups in total. The molecule has 4 bridgehead atoms. The lowest BCUT2D eigenvalue weighted by atomic mass is 9.49. The van der Waals surface area contributed by atoms with Gasteiger partial charge in [-0.1, -0.05) is 0 Å². The van der Waals surface area contributed by atoms with Crippen molar-refractivity contribution in [1.29, 1.82) is 5.26 Å². The maximum atomic E-state index is 12.8. The van der Waals surface area contributed by atoms with Crippen LogP contribution in [-0.2, 0) is 4.79 Å². The van der Waals surface area contributed by atoms with Crippen LogP contribution in [0.4, 0.5) is 0 Å². The Morgan fingerprint density at radius 1 is 1.31 bits per heavy atom. The van der Waals surface area contributed by atoms with Crippen LogP contribution in [-0.4, -0.2) is 22.2 Å². The number of nitriles is 1. The lowest BCUT2D eigenvalue weighted by Gasteiger charge is -2.55. The molecule has 7 nitrogen and oxygen atoms in total. The monoisotopic (exact) mass is 354 g/mol. The van der Waals surface area contributed by atoms with Gasteiger partial charge in [-0.05, 0) is 68.8 Å². The number of aromatic hydroxyl groups is 1. The van der Waals surface area contributed by atoms with E-state index in [1.54, 1.807) is 6.92 Å². The van der Waals surface area contributed by atoms with Gasteiger partial charge in [0.15, 0.2) is 0 Å². The minimum Gasteiger partial charge on any atom is -0.494 e. The third kappa shape index (κ3) is 2.61. The number of hydrazone groups is 1. The van der Waals surface area contributed by atoms with Gasteiger partial charge in [-0.3, -0.25) is 14.6 Å². The van der Waals surface area contributed by atoms with Crippen molar-refractivity contribution < 1.29 is 9.90 Å². The first-order chi connectivity index (χ1) is 12.4. The molecule has 136 valence electrons. The molecule has 1 aromatic rings. The highest BCUT2D eigenvalue weighted by molar-refractivity contribution is 5.88. The number of carbonyl (C=O) groups is 1. The summed E-state index contributed by atoms with van der Waals surface area (Å²) in [6, 6.07) is 1.82. The van der Waals surface area contributed by atoms with Gasteiger partial charge in [0.1, 0.15) is 11.6 Å². The van der Waals surface area contributed by atoms with Gasteiger partial charge in [0, 0.05) is 0 Å². The minimum absolute atomic E-state index is 0.0464. The predicted molar refractivity (Wildman–Crippen MR) is 94.5 cm³/mol. The zero-order valence-corrected chi connectivity index (χ0v) is 14.7. The SMILES string of the molecule is Cc1c(/C=N/NC(=O)C23CC4CC(CC(C4)C2)C3)c(O)[nH]c(=O)c1C#N. The van der Waals surface area contributed by atoms with Crippen molar-refractivity contribution in [2.45, 2.75) is 45.4 Å². The third-order valence-corrected chi connectivity index (χ3v) is 6.48. The van der Waals surface area contributed by atoms with E-state index in [4.69, 9.17) is 5.26 Å². The number of rotatable bonds is 3. The van der Waals surface area contributed by atoms with E-state index < -0.39 is 5.56 Å². The molecular weight excluding hydrogens is 332 g/mol. The lowest BCUT2D eigenvalue weighted by Crippen LogP contribution is -2.52. The van der Waals surface area contributed by atoms with Crippen molar-refractivity contribution >= 4 is 12.1 Å². The lowest BCUT2D eigenvalue weighted by molar-refractivity contribution is -0.146. The number of nitrogens with zero attached hydrogens (tertiary/aromatic N) is 2. The minimum atomic E-state index is -0.641. The van der Waals surface area contributed by atoms with Crippen LogP contribution < -0.4 is 11.0 Å². The number of carbonyl (C=O) groups excluding carboxylic acids is 1. The van der Waals surface area contributed by atoms with Gasteiger partial charge in [-0.15, -0.1) is 0 Å². The molecule has 0 unspecified atom stereocenters. The summed E-state index contributed by atoms with van der Waals surface area (Å²) in [4.78, 5) is 26.7. The van der Waals surface area contributed by atoms with Crippen LogP contribution in [0.2, 0.25) is 0 Å². The topological polar surface area (TPSA) is 118 Å². The van der Waals surface area contributed by atoms with E-state index in [0.717, 1.165) is 19.3 Å². The highest BCUT2D eigenvalue weighted by atomic mass is 16.3. The van der Waals surface area contributed by atoms with Crippen molar-refractivity contribution in [3.63, 3.8) is 0 Å². The molecule has 1 amide bonds. The smallest absolute Gasteiger partial charge is 0.268 e. The summed E-state index contributed by atoms with van der Waals surface area (Å²) < 4.78 is 0. The summed E-state index contributed by atoms with van der Waals surface area (Å²) in [5.41, 5.74) is 2.19. The van der Waals surface area contributed by atoms with Crippen LogP contribution in [0, 0.1) is 41.4 Å². The fourth-order valence-corrected chi connectivity index (χ4v) is 5.68. The van der Waals surface area contributed by atoms with Crippen molar-refractivity contribution in [3.05, 3.63) is 27.0 Å². The van der Waals surface area contributed by atoms with Crippen LogP contribution in [0.15, 0.2) is 9.90 Å². The van der Waals surface area contributed by atoms with Crippen LogP contribution in [0.1, 0.15) is 55.2 Å². The Balaban J connectivity index is 1.52. The van der Waals surface area contributed by atoms with Gasteiger partial charge in [0.05, 0.1) is 17.2 Å². The maximum Gasteiger partial charge on any atom is 0.268 e. The molecule has 4 fully saturated rings. The van der Waals surface area contributed by atoms with Gasteiger partial charge in [0.25, 0.3) is 5.56 Å². The quantitative estimate of drug-likeness (QED) is 0.567. The van der Waals surface area contributed by atoms with Crippen molar-refractivity contribution in [1.82, 2.24) is 10.4 Å². The number of pyridine rings is 1. The number of H-pyrrole nitrogens is 1. The molecule has 0 radical (unpaired) electrons. The molecule has 0 spiro atoms. The van der Waals surface area contributed by atoms with Gasteiger partial charge >= 0.3 is 0 Å². The molecule has 0 aliphatic heterocycles. The Morgan fingerprint density at radius 3 is 2.42 bits per heavy atom. The van der Waals surface area contributed by atoms with E-state index in [0.29, 0.717) is 23.3 Å². The summed E-state index contributed by atoms with van der Waals surface area (Å²) in [5, 5.41) is 23.0. The predicted octanol–water partition coefficient (Wildman–Crippen LogP) is 1.93. The summed E-state index contributed by atoms with van der Waals surface area (Å²) in [5.74, 6) is 1.59. The average molecular weight is 354 g/mol. The van der Waals surface area contributed by atoms with Gasteiger partial charge in [0.2, 0.25) is 11.8 Å². The molecule has 7 heteroatoms. The van der Waals surface area contributed by atoms with E-state index in [9.17, 15) is 14.7 Å². The molecule has 1 heterocycles. The second-order valence-corrected chi connectivity index (χ2v) is 8.23. The van der Waals surface area contributed by atoms with Crippen LogP contribution in [0.3, 0.4) is 0 Å². The van der Waals surface area contributed by atoms with E-state index >= 15 is 0 Å². The first kappa shape index (κ1) is 16.8. The summed E-state index contributed by atoms with van der Waals surface area (Å²) >= 11 is 0. The number of hydrogen-bond donors (Lipinski definition) is 3. The highest BCUT2D eigenvalue weighted by Crippen LogP contribution is 2.60. The van der Waals surface area contributed by atoms with Gasteiger partial charge in [-0.2, -0.15) is 10.4 Å². The Bertz CT molecular complexity index is 858. The Kier molecular flexibility index (Phi) is 3.87.